The third-order valence-electron chi connectivity index (χ3n) is 3.82. The summed E-state index contributed by atoms with van der Waals surface area (Å²) < 4.78 is 0. The summed E-state index contributed by atoms with van der Waals surface area (Å²) in [6.45, 7) is 5.46. The molecule has 2 aliphatic carbocycles. The topological polar surface area (TPSA) is 24.1 Å². The van der Waals surface area contributed by atoms with Crippen LogP contribution in [0.3, 0.4) is 0 Å². The van der Waals surface area contributed by atoms with Gasteiger partial charge in [0.1, 0.15) is 0 Å². The molecule has 0 aliphatic heterocycles. The van der Waals surface area contributed by atoms with Crippen molar-refractivity contribution < 1.29 is 0 Å². The lowest BCUT2D eigenvalue weighted by Crippen LogP contribution is -2.39. The van der Waals surface area contributed by atoms with Gasteiger partial charge in [-0.25, -0.2) is 0 Å². The Morgan fingerprint density at radius 2 is 2.20 bits per heavy atom. The van der Waals surface area contributed by atoms with Crippen molar-refractivity contribution in [2.75, 3.05) is 13.1 Å². The highest BCUT2D eigenvalue weighted by atomic mass is 32.1. The van der Waals surface area contributed by atoms with Gasteiger partial charge in [-0.3, -0.25) is 0 Å². The molecule has 0 aromatic heterocycles. The van der Waals surface area contributed by atoms with Crippen molar-refractivity contribution in [2.24, 2.45) is 17.8 Å². The zero-order valence-electron chi connectivity index (χ0n) is 9.17. The number of fused-ring (bicyclic) bond motifs is 2. The molecule has 0 amide bonds. The van der Waals surface area contributed by atoms with Crippen LogP contribution in [0.1, 0.15) is 25.7 Å². The Morgan fingerprint density at radius 1 is 1.33 bits per heavy atom. The molecule has 2 bridgehead atoms. The van der Waals surface area contributed by atoms with Gasteiger partial charge in [0.2, 0.25) is 0 Å². The molecule has 0 saturated heterocycles. The normalized spacial score (nSPS) is 32.7. The second-order valence-electron chi connectivity index (χ2n) is 4.81. The third-order valence-corrected chi connectivity index (χ3v) is 4.10. The Morgan fingerprint density at radius 3 is 2.80 bits per heavy atom. The molecule has 2 rings (SSSR count). The highest BCUT2D eigenvalue weighted by Crippen LogP contribution is 2.47. The van der Waals surface area contributed by atoms with Gasteiger partial charge >= 0.3 is 0 Å². The molecular weight excluding hydrogens is 204 g/mol. The molecule has 0 radical (unpaired) electrons. The first kappa shape index (κ1) is 10.9. The molecule has 2 fully saturated rings. The number of hydrogen-bond acceptors (Lipinski definition) is 1. The van der Waals surface area contributed by atoms with Gasteiger partial charge in [0, 0.05) is 13.1 Å². The van der Waals surface area contributed by atoms with Gasteiger partial charge in [0.05, 0.1) is 0 Å². The summed E-state index contributed by atoms with van der Waals surface area (Å²) in [7, 11) is 0. The summed E-state index contributed by atoms with van der Waals surface area (Å²) in [6, 6.07) is 0. The molecule has 0 aromatic carbocycles. The van der Waals surface area contributed by atoms with Crippen molar-refractivity contribution in [1.82, 2.24) is 10.6 Å². The predicted octanol–water partition coefficient (Wildman–Crippen LogP) is 2.07. The van der Waals surface area contributed by atoms with Crippen molar-refractivity contribution >= 4 is 17.3 Å². The average molecular weight is 224 g/mol. The van der Waals surface area contributed by atoms with Gasteiger partial charge in [-0.2, -0.15) is 0 Å². The largest absolute Gasteiger partial charge is 0.362 e. The second kappa shape index (κ2) is 4.97. The monoisotopic (exact) mass is 224 g/mol. The summed E-state index contributed by atoms with van der Waals surface area (Å²) >= 11 is 5.17. The maximum absolute atomic E-state index is 5.17. The fourth-order valence-electron chi connectivity index (χ4n) is 3.08. The van der Waals surface area contributed by atoms with E-state index in [1.807, 2.05) is 6.08 Å². The summed E-state index contributed by atoms with van der Waals surface area (Å²) in [5.41, 5.74) is 0. The van der Waals surface area contributed by atoms with E-state index in [-0.39, 0.29) is 0 Å². The van der Waals surface area contributed by atoms with Crippen LogP contribution >= 0.6 is 12.2 Å². The molecule has 2 nitrogen and oxygen atoms in total. The second-order valence-corrected chi connectivity index (χ2v) is 5.22. The molecule has 0 unspecified atom stereocenters. The Kier molecular flexibility index (Phi) is 3.62. The van der Waals surface area contributed by atoms with Gasteiger partial charge in [-0.05, 0) is 49.2 Å². The van der Waals surface area contributed by atoms with Crippen LogP contribution in [0.2, 0.25) is 0 Å². The minimum Gasteiger partial charge on any atom is -0.362 e. The lowest BCUT2D eigenvalue weighted by Gasteiger charge is -2.22. The van der Waals surface area contributed by atoms with E-state index in [1.165, 1.54) is 25.7 Å². The Balaban J connectivity index is 1.65. The lowest BCUT2D eigenvalue weighted by atomic mass is 9.89. The molecule has 2 saturated carbocycles. The molecule has 3 atom stereocenters. The Bertz CT molecular complexity index is 252. The smallest absolute Gasteiger partial charge is 0.166 e. The zero-order chi connectivity index (χ0) is 10.7. The van der Waals surface area contributed by atoms with Crippen LogP contribution in [0.25, 0.3) is 0 Å². The molecule has 84 valence electrons. The number of thiocarbonyl (C=S) groups is 1. The third kappa shape index (κ3) is 2.71. The first-order valence-electron chi connectivity index (χ1n) is 5.92. The molecule has 2 aliphatic rings. The average Bonchev–Trinajstić information content (AvgIpc) is 2.84. The van der Waals surface area contributed by atoms with Crippen LogP contribution in [0, 0.1) is 17.8 Å². The van der Waals surface area contributed by atoms with E-state index < -0.39 is 0 Å². The zero-order valence-corrected chi connectivity index (χ0v) is 9.98. The van der Waals surface area contributed by atoms with E-state index in [0.29, 0.717) is 0 Å². The van der Waals surface area contributed by atoms with E-state index in [9.17, 15) is 0 Å². The van der Waals surface area contributed by atoms with Crippen molar-refractivity contribution in [3.63, 3.8) is 0 Å². The van der Waals surface area contributed by atoms with Gasteiger partial charge in [0.25, 0.3) is 0 Å². The predicted molar refractivity (Wildman–Crippen MR) is 67.7 cm³/mol. The molecule has 0 heterocycles. The lowest BCUT2D eigenvalue weighted by molar-refractivity contribution is 0.332. The summed E-state index contributed by atoms with van der Waals surface area (Å²) in [6.07, 6.45) is 7.64. The quantitative estimate of drug-likeness (QED) is 0.565. The van der Waals surface area contributed by atoms with E-state index in [0.717, 1.165) is 36.0 Å². The number of nitrogens with one attached hydrogen (secondary N) is 2. The van der Waals surface area contributed by atoms with Gasteiger partial charge in [0.15, 0.2) is 5.11 Å². The molecule has 0 spiro atoms. The highest BCUT2D eigenvalue weighted by Gasteiger charge is 2.39. The number of rotatable bonds is 4. The SMILES string of the molecule is C=CCNC(=S)NC[C@H]1C[C@@H]2CC[C@@H]1C2. The summed E-state index contributed by atoms with van der Waals surface area (Å²) in [5.74, 6) is 2.87. The maximum atomic E-state index is 5.17. The Labute approximate surface area is 97.5 Å². The van der Waals surface area contributed by atoms with E-state index in [4.69, 9.17) is 12.2 Å². The van der Waals surface area contributed by atoms with Crippen molar-refractivity contribution in [3.8, 4) is 0 Å². The highest BCUT2D eigenvalue weighted by molar-refractivity contribution is 7.80. The van der Waals surface area contributed by atoms with Gasteiger partial charge < -0.3 is 10.6 Å². The standard InChI is InChI=1S/C12H20N2S/c1-2-5-13-12(15)14-8-11-7-9-3-4-10(11)6-9/h2,9-11H,1,3-8H2,(H2,13,14,15)/t9-,10-,11-/m1/s1. The summed E-state index contributed by atoms with van der Waals surface area (Å²) in [5, 5.41) is 7.20. The minimum absolute atomic E-state index is 0.753. The van der Waals surface area contributed by atoms with Crippen LogP contribution in [-0.2, 0) is 0 Å². The molecule has 0 aromatic rings. The van der Waals surface area contributed by atoms with Crippen LogP contribution in [0.5, 0.6) is 0 Å². The van der Waals surface area contributed by atoms with E-state index in [2.05, 4.69) is 17.2 Å². The molecule has 3 heteroatoms. The van der Waals surface area contributed by atoms with Gasteiger partial charge in [-0.15, -0.1) is 6.58 Å². The van der Waals surface area contributed by atoms with E-state index >= 15 is 0 Å². The van der Waals surface area contributed by atoms with Crippen LogP contribution in [0.4, 0.5) is 0 Å². The molecular formula is C12H20N2S. The molecule has 15 heavy (non-hydrogen) atoms. The van der Waals surface area contributed by atoms with Crippen molar-refractivity contribution in [1.29, 1.82) is 0 Å². The first-order chi connectivity index (χ1) is 7.29. The van der Waals surface area contributed by atoms with E-state index in [1.54, 1.807) is 0 Å². The fourth-order valence-corrected chi connectivity index (χ4v) is 3.24. The van der Waals surface area contributed by atoms with Crippen molar-refractivity contribution in [3.05, 3.63) is 12.7 Å². The van der Waals surface area contributed by atoms with Crippen LogP contribution in [0.15, 0.2) is 12.7 Å². The van der Waals surface area contributed by atoms with Crippen molar-refractivity contribution in [2.45, 2.75) is 25.7 Å². The Hall–Kier alpha value is -0.570. The number of hydrogen-bond donors (Lipinski definition) is 2. The van der Waals surface area contributed by atoms with Crippen LogP contribution < -0.4 is 10.6 Å². The first-order valence-corrected chi connectivity index (χ1v) is 6.33. The molecule has 2 N–H and O–H groups in total. The van der Waals surface area contributed by atoms with Crippen LogP contribution in [-0.4, -0.2) is 18.2 Å². The maximum Gasteiger partial charge on any atom is 0.166 e. The summed E-state index contributed by atoms with van der Waals surface area (Å²) in [4.78, 5) is 0. The van der Waals surface area contributed by atoms with Gasteiger partial charge in [-0.1, -0.05) is 12.5 Å². The fraction of sp³-hybridized carbons (Fsp3) is 0.750. The minimum atomic E-state index is 0.753.